The van der Waals surface area contributed by atoms with Gasteiger partial charge in [0.2, 0.25) is 0 Å². The number of aliphatic hydroxyl groups excluding tert-OH is 1. The standard InChI is InChI=1S/C15H21F2NO2/c1-2-18(9-11-5-4-8-20-11)10-14(19)15-12(16)6-3-7-13(15)17/h3,6-7,11,14,19H,2,4-5,8-10H2,1H3. The van der Waals surface area contributed by atoms with E-state index in [2.05, 4.69) is 0 Å². The zero-order chi connectivity index (χ0) is 14.5. The van der Waals surface area contributed by atoms with Gasteiger partial charge in [0.05, 0.1) is 17.8 Å². The number of benzene rings is 1. The highest BCUT2D eigenvalue weighted by atomic mass is 19.1. The second-order valence-electron chi connectivity index (χ2n) is 5.14. The molecule has 0 amide bonds. The number of ether oxygens (including phenoxy) is 1. The molecule has 0 aromatic heterocycles. The van der Waals surface area contributed by atoms with Gasteiger partial charge in [-0.15, -0.1) is 0 Å². The van der Waals surface area contributed by atoms with Crippen molar-refractivity contribution in [3.8, 4) is 0 Å². The van der Waals surface area contributed by atoms with Crippen molar-refractivity contribution in [2.24, 2.45) is 0 Å². The van der Waals surface area contributed by atoms with Gasteiger partial charge in [0, 0.05) is 19.7 Å². The lowest BCUT2D eigenvalue weighted by molar-refractivity contribution is 0.0499. The lowest BCUT2D eigenvalue weighted by Crippen LogP contribution is -2.35. The number of hydrogen-bond donors (Lipinski definition) is 1. The van der Waals surface area contributed by atoms with Crippen molar-refractivity contribution >= 4 is 0 Å². The summed E-state index contributed by atoms with van der Waals surface area (Å²) >= 11 is 0. The van der Waals surface area contributed by atoms with Crippen LogP contribution in [-0.2, 0) is 4.74 Å². The van der Waals surface area contributed by atoms with Crippen molar-refractivity contribution in [2.45, 2.75) is 32.0 Å². The Hall–Kier alpha value is -1.04. The predicted octanol–water partition coefficient (Wildman–Crippen LogP) is 2.50. The molecule has 1 aromatic carbocycles. The van der Waals surface area contributed by atoms with E-state index >= 15 is 0 Å². The molecule has 1 aliphatic rings. The van der Waals surface area contributed by atoms with Crippen LogP contribution in [-0.4, -0.2) is 42.4 Å². The number of hydrogen-bond acceptors (Lipinski definition) is 3. The zero-order valence-corrected chi connectivity index (χ0v) is 11.7. The molecule has 2 rings (SSSR count). The van der Waals surface area contributed by atoms with Crippen LogP contribution < -0.4 is 0 Å². The Morgan fingerprint density at radius 1 is 1.40 bits per heavy atom. The van der Waals surface area contributed by atoms with Crippen LogP contribution in [0.25, 0.3) is 0 Å². The summed E-state index contributed by atoms with van der Waals surface area (Å²) in [4.78, 5) is 1.96. The van der Waals surface area contributed by atoms with Gasteiger partial charge in [-0.1, -0.05) is 13.0 Å². The van der Waals surface area contributed by atoms with E-state index in [-0.39, 0.29) is 18.2 Å². The van der Waals surface area contributed by atoms with Gasteiger partial charge in [0.25, 0.3) is 0 Å². The monoisotopic (exact) mass is 285 g/mol. The van der Waals surface area contributed by atoms with E-state index in [0.29, 0.717) is 13.1 Å². The molecule has 1 saturated heterocycles. The molecule has 1 heterocycles. The maximum Gasteiger partial charge on any atom is 0.131 e. The van der Waals surface area contributed by atoms with Gasteiger partial charge in [-0.2, -0.15) is 0 Å². The van der Waals surface area contributed by atoms with Gasteiger partial charge in [-0.25, -0.2) is 8.78 Å². The van der Waals surface area contributed by atoms with Crippen LogP contribution >= 0.6 is 0 Å². The van der Waals surface area contributed by atoms with E-state index < -0.39 is 17.7 Å². The second kappa shape index (κ2) is 7.11. The van der Waals surface area contributed by atoms with Crippen molar-refractivity contribution in [2.75, 3.05) is 26.2 Å². The van der Waals surface area contributed by atoms with Crippen LogP contribution in [0, 0.1) is 11.6 Å². The van der Waals surface area contributed by atoms with Crippen molar-refractivity contribution in [3.63, 3.8) is 0 Å². The summed E-state index contributed by atoms with van der Waals surface area (Å²) in [5.74, 6) is -1.41. The molecule has 20 heavy (non-hydrogen) atoms. The fourth-order valence-electron chi connectivity index (χ4n) is 2.57. The van der Waals surface area contributed by atoms with Crippen molar-refractivity contribution < 1.29 is 18.6 Å². The molecule has 3 nitrogen and oxygen atoms in total. The summed E-state index contributed by atoms with van der Waals surface area (Å²) in [6.07, 6.45) is 1.04. The third kappa shape index (κ3) is 3.75. The van der Waals surface area contributed by atoms with Gasteiger partial charge in [-0.05, 0) is 31.5 Å². The summed E-state index contributed by atoms with van der Waals surface area (Å²) in [6.45, 7) is 4.32. The highest BCUT2D eigenvalue weighted by Gasteiger charge is 2.23. The molecule has 1 aromatic rings. The molecule has 0 spiro atoms. The van der Waals surface area contributed by atoms with Gasteiger partial charge >= 0.3 is 0 Å². The van der Waals surface area contributed by atoms with Crippen molar-refractivity contribution in [3.05, 3.63) is 35.4 Å². The van der Waals surface area contributed by atoms with E-state index in [1.165, 1.54) is 6.07 Å². The molecule has 1 N–H and O–H groups in total. The molecule has 2 atom stereocenters. The van der Waals surface area contributed by atoms with Crippen LogP contribution in [0.2, 0.25) is 0 Å². The summed E-state index contributed by atoms with van der Waals surface area (Å²) in [7, 11) is 0. The Kier molecular flexibility index (Phi) is 5.46. The van der Waals surface area contributed by atoms with E-state index in [4.69, 9.17) is 4.74 Å². The summed E-state index contributed by atoms with van der Waals surface area (Å²) in [5, 5.41) is 10.1. The zero-order valence-electron chi connectivity index (χ0n) is 11.7. The average Bonchev–Trinajstić information content (AvgIpc) is 2.90. The first-order valence-corrected chi connectivity index (χ1v) is 7.07. The maximum atomic E-state index is 13.6. The molecular weight excluding hydrogens is 264 g/mol. The van der Waals surface area contributed by atoms with Crippen molar-refractivity contribution in [1.29, 1.82) is 0 Å². The van der Waals surface area contributed by atoms with E-state index in [9.17, 15) is 13.9 Å². The quantitative estimate of drug-likeness (QED) is 0.871. The summed E-state index contributed by atoms with van der Waals surface area (Å²) in [5.41, 5.74) is -0.252. The SMILES string of the molecule is CCN(CC1CCCO1)CC(O)c1c(F)cccc1F. The highest BCUT2D eigenvalue weighted by Crippen LogP contribution is 2.22. The molecule has 0 saturated carbocycles. The van der Waals surface area contributed by atoms with E-state index in [1.54, 1.807) is 0 Å². The Bertz CT molecular complexity index is 416. The molecule has 1 fully saturated rings. The molecule has 0 radical (unpaired) electrons. The average molecular weight is 285 g/mol. The first-order chi connectivity index (χ1) is 9.61. The first kappa shape index (κ1) is 15.4. The van der Waals surface area contributed by atoms with Crippen LogP contribution in [0.1, 0.15) is 31.4 Å². The fourth-order valence-corrected chi connectivity index (χ4v) is 2.57. The molecule has 112 valence electrons. The normalized spacial score (nSPS) is 20.6. The number of aliphatic hydroxyl groups is 1. The Labute approximate surface area is 118 Å². The lowest BCUT2D eigenvalue weighted by atomic mass is 10.1. The highest BCUT2D eigenvalue weighted by molar-refractivity contribution is 5.22. The predicted molar refractivity (Wildman–Crippen MR) is 72.4 cm³/mol. The smallest absolute Gasteiger partial charge is 0.131 e. The third-order valence-corrected chi connectivity index (χ3v) is 3.70. The molecular formula is C15H21F2NO2. The van der Waals surface area contributed by atoms with E-state index in [0.717, 1.165) is 31.6 Å². The van der Waals surface area contributed by atoms with Crippen LogP contribution in [0.15, 0.2) is 18.2 Å². The first-order valence-electron chi connectivity index (χ1n) is 7.07. The maximum absolute atomic E-state index is 13.6. The minimum atomic E-state index is -1.17. The Balaban J connectivity index is 1.99. The van der Waals surface area contributed by atoms with Crippen molar-refractivity contribution in [1.82, 2.24) is 4.90 Å². The van der Waals surface area contributed by atoms with Crippen LogP contribution in [0.3, 0.4) is 0 Å². The number of rotatable bonds is 6. The Morgan fingerprint density at radius 3 is 2.65 bits per heavy atom. The molecule has 2 unspecified atom stereocenters. The van der Waals surface area contributed by atoms with Gasteiger partial charge in [0.1, 0.15) is 11.6 Å². The van der Waals surface area contributed by atoms with Gasteiger partial charge in [0.15, 0.2) is 0 Å². The third-order valence-electron chi connectivity index (χ3n) is 3.70. The minimum absolute atomic E-state index is 0.160. The second-order valence-corrected chi connectivity index (χ2v) is 5.14. The number of likely N-dealkylation sites (N-methyl/N-ethyl adjacent to an activating group) is 1. The fraction of sp³-hybridized carbons (Fsp3) is 0.600. The summed E-state index contributed by atoms with van der Waals surface area (Å²) in [6, 6.07) is 3.63. The number of nitrogens with zero attached hydrogens (tertiary/aromatic N) is 1. The van der Waals surface area contributed by atoms with Gasteiger partial charge < -0.3 is 9.84 Å². The Morgan fingerprint density at radius 2 is 2.10 bits per heavy atom. The van der Waals surface area contributed by atoms with E-state index in [1.807, 2.05) is 11.8 Å². The molecule has 1 aliphatic heterocycles. The topological polar surface area (TPSA) is 32.7 Å². The van der Waals surface area contributed by atoms with Crippen LogP contribution in [0.4, 0.5) is 8.78 Å². The minimum Gasteiger partial charge on any atom is -0.387 e. The molecule has 5 heteroatoms. The van der Waals surface area contributed by atoms with Gasteiger partial charge in [-0.3, -0.25) is 4.90 Å². The molecule has 0 aliphatic carbocycles. The van der Waals surface area contributed by atoms with Crippen LogP contribution in [0.5, 0.6) is 0 Å². The lowest BCUT2D eigenvalue weighted by Gasteiger charge is -2.26. The number of halogens is 2. The largest absolute Gasteiger partial charge is 0.387 e. The molecule has 0 bridgehead atoms. The summed E-state index contributed by atoms with van der Waals surface area (Å²) < 4.78 is 32.8.